The van der Waals surface area contributed by atoms with Crippen molar-refractivity contribution in [1.29, 1.82) is 0 Å². The van der Waals surface area contributed by atoms with E-state index in [0.29, 0.717) is 19.6 Å². The topological polar surface area (TPSA) is 38.3 Å². The maximum Gasteiger partial charge on any atom is 0.224 e. The van der Waals surface area contributed by atoms with E-state index in [2.05, 4.69) is 18.3 Å². The van der Waals surface area contributed by atoms with Crippen molar-refractivity contribution in [2.45, 2.75) is 27.2 Å². The molecule has 116 valence electrons. The van der Waals surface area contributed by atoms with Gasteiger partial charge in [0.1, 0.15) is 12.4 Å². The van der Waals surface area contributed by atoms with Gasteiger partial charge in [-0.15, -0.1) is 0 Å². The summed E-state index contributed by atoms with van der Waals surface area (Å²) in [5.41, 5.74) is 4.55. The molecular weight excluding hydrogens is 274 g/mol. The molecule has 0 aliphatic heterocycles. The van der Waals surface area contributed by atoms with Gasteiger partial charge in [-0.25, -0.2) is 0 Å². The average molecular weight is 297 g/mol. The molecule has 2 aromatic carbocycles. The summed E-state index contributed by atoms with van der Waals surface area (Å²) < 4.78 is 5.66. The Morgan fingerprint density at radius 2 is 1.82 bits per heavy atom. The van der Waals surface area contributed by atoms with Gasteiger partial charge in [-0.05, 0) is 43.5 Å². The van der Waals surface area contributed by atoms with Crippen molar-refractivity contribution < 1.29 is 9.53 Å². The maximum atomic E-state index is 12.0. The van der Waals surface area contributed by atoms with Gasteiger partial charge in [0.2, 0.25) is 5.91 Å². The van der Waals surface area contributed by atoms with Crippen molar-refractivity contribution in [2.24, 2.45) is 0 Å². The van der Waals surface area contributed by atoms with Crippen LogP contribution in [0.3, 0.4) is 0 Å². The predicted molar refractivity (Wildman–Crippen MR) is 89.3 cm³/mol. The van der Waals surface area contributed by atoms with Crippen molar-refractivity contribution in [3.8, 4) is 5.75 Å². The normalized spacial score (nSPS) is 10.3. The Hall–Kier alpha value is -2.29. The molecule has 0 fully saturated rings. The van der Waals surface area contributed by atoms with Gasteiger partial charge in [0.15, 0.2) is 0 Å². The molecule has 0 heterocycles. The monoisotopic (exact) mass is 297 g/mol. The summed E-state index contributed by atoms with van der Waals surface area (Å²) in [5.74, 6) is 0.895. The molecule has 0 aromatic heterocycles. The summed E-state index contributed by atoms with van der Waals surface area (Å²) >= 11 is 0. The molecule has 0 aliphatic rings. The first kappa shape index (κ1) is 16.1. The zero-order valence-electron chi connectivity index (χ0n) is 13.5. The van der Waals surface area contributed by atoms with E-state index in [1.165, 1.54) is 5.56 Å². The first-order chi connectivity index (χ1) is 10.6. The zero-order valence-corrected chi connectivity index (χ0v) is 13.5. The fourth-order valence-electron chi connectivity index (χ4n) is 2.35. The van der Waals surface area contributed by atoms with E-state index in [0.717, 1.165) is 22.4 Å². The minimum Gasteiger partial charge on any atom is -0.491 e. The highest BCUT2D eigenvalue weighted by Gasteiger charge is 2.06. The molecule has 0 radical (unpaired) electrons. The summed E-state index contributed by atoms with van der Waals surface area (Å²) in [7, 11) is 0. The van der Waals surface area contributed by atoms with Gasteiger partial charge in [0.05, 0.1) is 13.0 Å². The Morgan fingerprint density at radius 1 is 1.05 bits per heavy atom. The Balaban J connectivity index is 1.75. The lowest BCUT2D eigenvalue weighted by atomic mass is 10.0. The van der Waals surface area contributed by atoms with Crippen molar-refractivity contribution >= 4 is 5.91 Å². The highest BCUT2D eigenvalue weighted by molar-refractivity contribution is 5.78. The first-order valence-corrected chi connectivity index (χ1v) is 7.57. The molecule has 3 nitrogen and oxygen atoms in total. The quantitative estimate of drug-likeness (QED) is 0.830. The first-order valence-electron chi connectivity index (χ1n) is 7.57. The number of carbonyl (C=O) groups is 1. The smallest absolute Gasteiger partial charge is 0.224 e. The zero-order chi connectivity index (χ0) is 15.9. The van der Waals surface area contributed by atoms with Gasteiger partial charge >= 0.3 is 0 Å². The number of carbonyl (C=O) groups excluding carboxylic acids is 1. The van der Waals surface area contributed by atoms with E-state index in [-0.39, 0.29) is 5.91 Å². The van der Waals surface area contributed by atoms with Crippen LogP contribution < -0.4 is 10.1 Å². The van der Waals surface area contributed by atoms with Crippen LogP contribution in [0.15, 0.2) is 42.5 Å². The number of benzene rings is 2. The third-order valence-corrected chi connectivity index (χ3v) is 3.62. The minimum atomic E-state index is 0.0281. The van der Waals surface area contributed by atoms with E-state index < -0.39 is 0 Å². The van der Waals surface area contributed by atoms with E-state index >= 15 is 0 Å². The summed E-state index contributed by atoms with van der Waals surface area (Å²) in [5, 5.41) is 2.90. The highest BCUT2D eigenvalue weighted by Crippen LogP contribution is 2.15. The molecule has 0 saturated heterocycles. The van der Waals surface area contributed by atoms with Crippen LogP contribution in [-0.4, -0.2) is 19.1 Å². The van der Waals surface area contributed by atoms with Crippen LogP contribution in [-0.2, 0) is 11.2 Å². The van der Waals surface area contributed by atoms with Crippen molar-refractivity contribution in [2.75, 3.05) is 13.2 Å². The van der Waals surface area contributed by atoms with Crippen LogP contribution in [0.25, 0.3) is 0 Å². The highest BCUT2D eigenvalue weighted by atomic mass is 16.5. The SMILES string of the molecule is Cc1ccc(CC(=O)NCCOc2ccccc2C)c(C)c1. The van der Waals surface area contributed by atoms with Crippen LogP contribution in [0.1, 0.15) is 22.3 Å². The van der Waals surface area contributed by atoms with Crippen LogP contribution in [0.4, 0.5) is 0 Å². The second-order valence-corrected chi connectivity index (χ2v) is 5.57. The number of rotatable bonds is 6. The number of hydrogen-bond acceptors (Lipinski definition) is 2. The molecule has 1 N–H and O–H groups in total. The van der Waals surface area contributed by atoms with E-state index in [9.17, 15) is 4.79 Å². The van der Waals surface area contributed by atoms with E-state index in [1.807, 2.05) is 50.2 Å². The van der Waals surface area contributed by atoms with Gasteiger partial charge in [0.25, 0.3) is 0 Å². The molecule has 0 spiro atoms. The van der Waals surface area contributed by atoms with Crippen molar-refractivity contribution in [1.82, 2.24) is 5.32 Å². The fraction of sp³-hybridized carbons (Fsp3) is 0.316. The summed E-state index contributed by atoms with van der Waals surface area (Å²) in [6.45, 7) is 7.09. The second-order valence-electron chi connectivity index (χ2n) is 5.57. The number of amides is 1. The third kappa shape index (κ3) is 4.62. The summed E-state index contributed by atoms with van der Waals surface area (Å²) in [6, 6.07) is 14.0. The predicted octanol–water partition coefficient (Wildman–Crippen LogP) is 3.35. The van der Waals surface area contributed by atoms with Crippen molar-refractivity contribution in [3.05, 3.63) is 64.7 Å². The Labute approximate surface area is 132 Å². The molecule has 0 aliphatic carbocycles. The fourth-order valence-corrected chi connectivity index (χ4v) is 2.35. The van der Waals surface area contributed by atoms with Crippen LogP contribution in [0.5, 0.6) is 5.75 Å². The molecule has 2 aromatic rings. The lowest BCUT2D eigenvalue weighted by Gasteiger charge is -2.10. The van der Waals surface area contributed by atoms with Gasteiger partial charge in [-0.1, -0.05) is 42.0 Å². The number of ether oxygens (including phenoxy) is 1. The largest absolute Gasteiger partial charge is 0.491 e. The number of hydrogen-bond donors (Lipinski definition) is 1. The van der Waals surface area contributed by atoms with Gasteiger partial charge in [0, 0.05) is 0 Å². The Morgan fingerprint density at radius 3 is 2.55 bits per heavy atom. The number of aryl methyl sites for hydroxylation is 3. The summed E-state index contributed by atoms with van der Waals surface area (Å²) in [6.07, 6.45) is 0.413. The average Bonchev–Trinajstić information content (AvgIpc) is 2.48. The lowest BCUT2D eigenvalue weighted by molar-refractivity contribution is -0.120. The standard InChI is InChI=1S/C19H23NO2/c1-14-8-9-17(16(3)12-14)13-19(21)20-10-11-22-18-7-5-4-6-15(18)2/h4-9,12H,10-11,13H2,1-3H3,(H,20,21). The number of nitrogens with one attached hydrogen (secondary N) is 1. The third-order valence-electron chi connectivity index (χ3n) is 3.62. The van der Waals surface area contributed by atoms with E-state index in [1.54, 1.807) is 0 Å². The van der Waals surface area contributed by atoms with Gasteiger partial charge < -0.3 is 10.1 Å². The van der Waals surface area contributed by atoms with E-state index in [4.69, 9.17) is 4.74 Å². The molecule has 22 heavy (non-hydrogen) atoms. The van der Waals surface area contributed by atoms with Crippen LogP contribution in [0.2, 0.25) is 0 Å². The van der Waals surface area contributed by atoms with Gasteiger partial charge in [-0.3, -0.25) is 4.79 Å². The van der Waals surface area contributed by atoms with Gasteiger partial charge in [-0.2, -0.15) is 0 Å². The molecule has 0 unspecified atom stereocenters. The summed E-state index contributed by atoms with van der Waals surface area (Å²) in [4.78, 5) is 12.0. The van der Waals surface area contributed by atoms with Crippen molar-refractivity contribution in [3.63, 3.8) is 0 Å². The lowest BCUT2D eigenvalue weighted by Crippen LogP contribution is -2.29. The number of para-hydroxylation sites is 1. The molecule has 0 atom stereocenters. The Kier molecular flexibility index (Phi) is 5.59. The molecule has 2 rings (SSSR count). The molecule has 3 heteroatoms. The minimum absolute atomic E-state index is 0.0281. The molecule has 0 saturated carbocycles. The van der Waals surface area contributed by atoms with Crippen LogP contribution >= 0.6 is 0 Å². The van der Waals surface area contributed by atoms with Crippen LogP contribution in [0, 0.1) is 20.8 Å². The molecular formula is C19H23NO2. The second kappa shape index (κ2) is 7.64. The molecule has 1 amide bonds. The molecule has 0 bridgehead atoms. The Bertz CT molecular complexity index is 650. The maximum absolute atomic E-state index is 12.0.